The topological polar surface area (TPSA) is 67.4 Å². The molecule has 0 amide bonds. The molecule has 0 aliphatic heterocycles. The highest BCUT2D eigenvalue weighted by molar-refractivity contribution is 7.92. The van der Waals surface area contributed by atoms with Crippen LogP contribution in [0.5, 0.6) is 5.75 Å². The number of rotatable bonds is 6. The number of methoxy groups -OCH3 is 1. The van der Waals surface area contributed by atoms with Gasteiger partial charge in [-0.3, -0.25) is 4.72 Å². The Balaban J connectivity index is 1.71. The third kappa shape index (κ3) is 5.16. The highest BCUT2D eigenvalue weighted by Gasteiger charge is 2.20. The van der Waals surface area contributed by atoms with Crippen molar-refractivity contribution in [3.05, 3.63) is 48.0 Å². The normalized spacial score (nSPS) is 15.8. The first-order valence-corrected chi connectivity index (χ1v) is 11.0. The Labute approximate surface area is 162 Å². The standard InChI is InChI=1S/C21H28N2O3S/c1-16-9-14-20(26-2)21(15-16)27(24,25)23-19-12-10-18(11-13-19)22-17-7-5-3-4-6-8-17/h9-15,17,22-23H,3-8H2,1-2H3. The van der Waals surface area contributed by atoms with Crippen molar-refractivity contribution >= 4 is 21.4 Å². The molecule has 1 saturated carbocycles. The maximum absolute atomic E-state index is 12.8. The summed E-state index contributed by atoms with van der Waals surface area (Å²) < 4.78 is 33.4. The van der Waals surface area contributed by atoms with Crippen LogP contribution in [0.3, 0.4) is 0 Å². The lowest BCUT2D eigenvalue weighted by Crippen LogP contribution is -2.18. The molecule has 0 radical (unpaired) electrons. The number of sulfonamides is 1. The van der Waals surface area contributed by atoms with Gasteiger partial charge in [0, 0.05) is 17.4 Å². The SMILES string of the molecule is COc1ccc(C)cc1S(=O)(=O)Nc1ccc(NC2CCCCCC2)cc1. The first-order valence-electron chi connectivity index (χ1n) is 9.52. The zero-order chi connectivity index (χ0) is 19.3. The van der Waals surface area contributed by atoms with Crippen LogP contribution in [0.15, 0.2) is 47.4 Å². The molecule has 146 valence electrons. The van der Waals surface area contributed by atoms with Crippen LogP contribution < -0.4 is 14.8 Å². The molecule has 6 heteroatoms. The van der Waals surface area contributed by atoms with Crippen molar-refractivity contribution in [2.24, 2.45) is 0 Å². The van der Waals surface area contributed by atoms with Crippen molar-refractivity contribution in [3.8, 4) is 5.75 Å². The van der Waals surface area contributed by atoms with Crippen LogP contribution in [0, 0.1) is 6.92 Å². The average Bonchev–Trinajstić information content (AvgIpc) is 2.92. The second kappa shape index (κ2) is 8.65. The van der Waals surface area contributed by atoms with Gasteiger partial charge >= 0.3 is 0 Å². The van der Waals surface area contributed by atoms with E-state index in [9.17, 15) is 8.42 Å². The van der Waals surface area contributed by atoms with E-state index in [0.717, 1.165) is 11.3 Å². The first kappa shape index (κ1) is 19.5. The highest BCUT2D eigenvalue weighted by Crippen LogP contribution is 2.27. The summed E-state index contributed by atoms with van der Waals surface area (Å²) in [5, 5.41) is 3.57. The van der Waals surface area contributed by atoms with Crippen LogP contribution in [-0.4, -0.2) is 21.6 Å². The van der Waals surface area contributed by atoms with Crippen molar-refractivity contribution in [2.45, 2.75) is 56.4 Å². The monoisotopic (exact) mass is 388 g/mol. The Kier molecular flexibility index (Phi) is 6.26. The molecule has 0 bridgehead atoms. The van der Waals surface area contributed by atoms with Gasteiger partial charge in [0.05, 0.1) is 7.11 Å². The van der Waals surface area contributed by atoms with Crippen LogP contribution in [-0.2, 0) is 10.0 Å². The van der Waals surface area contributed by atoms with Gasteiger partial charge in [0.2, 0.25) is 0 Å². The molecule has 0 atom stereocenters. The Morgan fingerprint density at radius 2 is 1.56 bits per heavy atom. The zero-order valence-electron chi connectivity index (χ0n) is 16.0. The second-order valence-corrected chi connectivity index (χ2v) is 8.82. The van der Waals surface area contributed by atoms with E-state index in [-0.39, 0.29) is 4.90 Å². The zero-order valence-corrected chi connectivity index (χ0v) is 16.8. The third-order valence-corrected chi connectivity index (χ3v) is 6.37. The lowest BCUT2D eigenvalue weighted by Gasteiger charge is -2.18. The molecule has 0 saturated heterocycles. The molecule has 3 rings (SSSR count). The molecule has 1 aliphatic carbocycles. The first-order chi connectivity index (χ1) is 13.0. The van der Waals surface area contributed by atoms with Crippen LogP contribution in [0.4, 0.5) is 11.4 Å². The largest absolute Gasteiger partial charge is 0.495 e. The van der Waals surface area contributed by atoms with Crippen molar-refractivity contribution in [1.29, 1.82) is 0 Å². The van der Waals surface area contributed by atoms with E-state index < -0.39 is 10.0 Å². The minimum Gasteiger partial charge on any atom is -0.495 e. The molecule has 2 aromatic rings. The predicted molar refractivity (Wildman–Crippen MR) is 110 cm³/mol. The smallest absolute Gasteiger partial charge is 0.265 e. The van der Waals surface area contributed by atoms with Gasteiger partial charge in [0.25, 0.3) is 10.0 Å². The number of nitrogens with one attached hydrogen (secondary N) is 2. The van der Waals surface area contributed by atoms with E-state index >= 15 is 0 Å². The van der Waals surface area contributed by atoms with E-state index in [1.807, 2.05) is 25.1 Å². The fourth-order valence-electron chi connectivity index (χ4n) is 3.50. The van der Waals surface area contributed by atoms with Crippen LogP contribution in [0.25, 0.3) is 0 Å². The van der Waals surface area contributed by atoms with E-state index in [2.05, 4.69) is 10.0 Å². The maximum atomic E-state index is 12.8. The van der Waals surface area contributed by atoms with E-state index in [1.165, 1.54) is 45.6 Å². The van der Waals surface area contributed by atoms with Crippen LogP contribution in [0.2, 0.25) is 0 Å². The van der Waals surface area contributed by atoms with Gasteiger partial charge in [0.1, 0.15) is 10.6 Å². The van der Waals surface area contributed by atoms with Gasteiger partial charge in [-0.05, 0) is 61.7 Å². The number of hydrogen-bond donors (Lipinski definition) is 2. The summed E-state index contributed by atoms with van der Waals surface area (Å²) in [6.45, 7) is 1.85. The molecule has 5 nitrogen and oxygen atoms in total. The molecule has 0 heterocycles. The van der Waals surface area contributed by atoms with E-state index in [4.69, 9.17) is 4.74 Å². The molecule has 1 fully saturated rings. The van der Waals surface area contributed by atoms with Gasteiger partial charge in [0.15, 0.2) is 0 Å². The molecule has 0 aromatic heterocycles. The van der Waals surface area contributed by atoms with Gasteiger partial charge in [-0.1, -0.05) is 31.7 Å². The fourth-order valence-corrected chi connectivity index (χ4v) is 4.81. The number of anilines is 2. The third-order valence-electron chi connectivity index (χ3n) is 4.97. The van der Waals surface area contributed by atoms with Crippen molar-refractivity contribution in [3.63, 3.8) is 0 Å². The fraction of sp³-hybridized carbons (Fsp3) is 0.429. The van der Waals surface area contributed by atoms with Crippen molar-refractivity contribution < 1.29 is 13.2 Å². The Bertz CT molecular complexity index is 855. The Hall–Kier alpha value is -2.21. The van der Waals surface area contributed by atoms with Crippen LogP contribution in [0.1, 0.15) is 44.1 Å². The summed E-state index contributed by atoms with van der Waals surface area (Å²) in [6.07, 6.45) is 7.58. The Morgan fingerprint density at radius 3 is 2.19 bits per heavy atom. The summed E-state index contributed by atoms with van der Waals surface area (Å²) in [5.74, 6) is 0.333. The minimum atomic E-state index is -3.72. The van der Waals surface area contributed by atoms with Gasteiger partial charge in [-0.2, -0.15) is 0 Å². The molecule has 0 unspecified atom stereocenters. The van der Waals surface area contributed by atoms with Crippen LogP contribution >= 0.6 is 0 Å². The molecule has 2 N–H and O–H groups in total. The summed E-state index contributed by atoms with van der Waals surface area (Å²) in [4.78, 5) is 0.144. The second-order valence-electron chi connectivity index (χ2n) is 7.17. The number of aryl methyl sites for hydroxylation is 1. The molecule has 27 heavy (non-hydrogen) atoms. The van der Waals surface area contributed by atoms with Gasteiger partial charge in [-0.15, -0.1) is 0 Å². The summed E-state index contributed by atoms with van der Waals surface area (Å²) in [5.41, 5.74) is 2.42. The lowest BCUT2D eigenvalue weighted by atomic mass is 10.1. The average molecular weight is 389 g/mol. The number of ether oxygens (including phenoxy) is 1. The quantitative estimate of drug-likeness (QED) is 0.688. The minimum absolute atomic E-state index is 0.144. The Morgan fingerprint density at radius 1 is 0.926 bits per heavy atom. The molecule has 1 aliphatic rings. The molecule has 0 spiro atoms. The highest BCUT2D eigenvalue weighted by atomic mass is 32.2. The summed E-state index contributed by atoms with van der Waals surface area (Å²) in [7, 11) is -2.25. The van der Waals surface area contributed by atoms with E-state index in [1.54, 1.807) is 24.3 Å². The number of hydrogen-bond acceptors (Lipinski definition) is 4. The van der Waals surface area contributed by atoms with Gasteiger partial charge < -0.3 is 10.1 Å². The van der Waals surface area contributed by atoms with Crippen molar-refractivity contribution in [1.82, 2.24) is 0 Å². The molecular weight excluding hydrogens is 360 g/mol. The van der Waals surface area contributed by atoms with E-state index in [0.29, 0.717) is 17.5 Å². The van der Waals surface area contributed by atoms with Crippen molar-refractivity contribution in [2.75, 3.05) is 17.1 Å². The summed E-state index contributed by atoms with van der Waals surface area (Å²) >= 11 is 0. The molecule has 2 aromatic carbocycles. The maximum Gasteiger partial charge on any atom is 0.265 e. The lowest BCUT2D eigenvalue weighted by molar-refractivity contribution is 0.402. The van der Waals surface area contributed by atoms with Gasteiger partial charge in [-0.25, -0.2) is 8.42 Å². The summed E-state index contributed by atoms with van der Waals surface area (Å²) in [6, 6.07) is 13.1. The molecular formula is C21H28N2O3S. The number of benzene rings is 2. The predicted octanol–water partition coefficient (Wildman–Crippen LogP) is 4.94.